The van der Waals surface area contributed by atoms with Crippen molar-refractivity contribution in [1.29, 1.82) is 0 Å². The maximum absolute atomic E-state index is 13.0. The highest BCUT2D eigenvalue weighted by Crippen LogP contribution is 2.22. The predicted molar refractivity (Wildman–Crippen MR) is 117 cm³/mol. The molecular formula is C23H26N4O2S. The summed E-state index contributed by atoms with van der Waals surface area (Å²) >= 11 is 1.49. The molecule has 0 fully saturated rings. The van der Waals surface area contributed by atoms with E-state index in [1.165, 1.54) is 17.8 Å². The summed E-state index contributed by atoms with van der Waals surface area (Å²) in [6.07, 6.45) is 6.00. The van der Waals surface area contributed by atoms with E-state index in [2.05, 4.69) is 27.0 Å². The first-order chi connectivity index (χ1) is 14.7. The van der Waals surface area contributed by atoms with Gasteiger partial charge >= 0.3 is 0 Å². The molecule has 1 aliphatic heterocycles. The number of aryl methyl sites for hydroxylation is 2. The first-order valence-electron chi connectivity index (χ1n) is 10.6. The van der Waals surface area contributed by atoms with E-state index < -0.39 is 0 Å². The Bertz CT molecular complexity index is 1050. The number of amides is 1. The Hall–Kier alpha value is -2.80. The third-order valence-corrected chi connectivity index (χ3v) is 6.70. The van der Waals surface area contributed by atoms with Gasteiger partial charge in [0.05, 0.1) is 10.4 Å². The van der Waals surface area contributed by atoms with Crippen molar-refractivity contribution in [3.05, 3.63) is 68.9 Å². The topological polar surface area (TPSA) is 76.9 Å². The molecule has 0 aliphatic carbocycles. The van der Waals surface area contributed by atoms with Crippen LogP contribution in [0.25, 0.3) is 0 Å². The lowest BCUT2D eigenvalue weighted by Gasteiger charge is -2.10. The number of benzene rings is 1. The van der Waals surface area contributed by atoms with Gasteiger partial charge < -0.3 is 9.88 Å². The normalized spacial score (nSPS) is 13.5. The van der Waals surface area contributed by atoms with Crippen LogP contribution in [0.5, 0.6) is 0 Å². The quantitative estimate of drug-likeness (QED) is 0.587. The van der Waals surface area contributed by atoms with E-state index in [9.17, 15) is 9.59 Å². The van der Waals surface area contributed by atoms with Crippen molar-refractivity contribution in [3.63, 3.8) is 0 Å². The molecule has 0 bridgehead atoms. The van der Waals surface area contributed by atoms with Crippen molar-refractivity contribution in [1.82, 2.24) is 20.1 Å². The molecule has 1 aromatic carbocycles. The Morgan fingerprint density at radius 1 is 1.07 bits per heavy atom. The molecule has 0 saturated carbocycles. The third-order valence-electron chi connectivity index (χ3n) is 5.47. The molecule has 0 spiro atoms. The zero-order chi connectivity index (χ0) is 20.9. The van der Waals surface area contributed by atoms with Crippen LogP contribution in [0.4, 0.5) is 0 Å². The van der Waals surface area contributed by atoms with Crippen LogP contribution in [-0.4, -0.2) is 33.0 Å². The monoisotopic (exact) mass is 422 g/mol. The van der Waals surface area contributed by atoms with Crippen molar-refractivity contribution in [2.75, 3.05) is 6.54 Å². The fraction of sp³-hybridized carbons (Fsp3) is 0.391. The molecule has 0 radical (unpaired) electrons. The molecule has 0 atom stereocenters. The number of carbonyl (C=O) groups excluding carboxylic acids is 2. The number of ketones is 1. The maximum Gasteiger partial charge on any atom is 0.252 e. The zero-order valence-corrected chi connectivity index (χ0v) is 18.0. The highest BCUT2D eigenvalue weighted by atomic mass is 32.1. The van der Waals surface area contributed by atoms with E-state index in [1.54, 1.807) is 24.3 Å². The summed E-state index contributed by atoms with van der Waals surface area (Å²) in [7, 11) is 0. The van der Waals surface area contributed by atoms with Crippen LogP contribution in [0.2, 0.25) is 0 Å². The number of fused-ring (bicyclic) bond motifs is 1. The second-order valence-corrected chi connectivity index (χ2v) is 8.66. The van der Waals surface area contributed by atoms with E-state index in [0.717, 1.165) is 48.8 Å². The third kappa shape index (κ3) is 4.36. The van der Waals surface area contributed by atoms with Gasteiger partial charge in [0.2, 0.25) is 5.78 Å². The summed E-state index contributed by atoms with van der Waals surface area (Å²) in [4.78, 5) is 27.6. The van der Waals surface area contributed by atoms with Crippen LogP contribution in [0, 0.1) is 0 Å². The van der Waals surface area contributed by atoms with Crippen LogP contribution in [0.1, 0.15) is 68.3 Å². The molecular weight excluding hydrogens is 396 g/mol. The lowest BCUT2D eigenvalue weighted by Crippen LogP contribution is -2.28. The number of hydrogen-bond acceptors (Lipinski definition) is 5. The number of rotatable bonds is 7. The standard InChI is InChI=1S/C23H26N4O2S/c1-2-16-11-12-19(30-16)22(28)17-8-5-6-9-18(17)23(29)24-14-13-21-26-25-20-10-4-3-7-15-27(20)21/h5-6,8-9,11-12H,2-4,7,10,13-15H2,1H3,(H,24,29). The van der Waals surface area contributed by atoms with Gasteiger partial charge in [-0.05, 0) is 37.5 Å². The predicted octanol–water partition coefficient (Wildman–Crippen LogP) is 3.83. The van der Waals surface area contributed by atoms with Crippen molar-refractivity contribution < 1.29 is 9.59 Å². The van der Waals surface area contributed by atoms with Crippen LogP contribution in [0.3, 0.4) is 0 Å². The molecule has 1 amide bonds. The molecule has 30 heavy (non-hydrogen) atoms. The van der Waals surface area contributed by atoms with Crippen molar-refractivity contribution in [3.8, 4) is 0 Å². The molecule has 3 aromatic rings. The van der Waals surface area contributed by atoms with Gasteiger partial charge in [-0.25, -0.2) is 0 Å². The van der Waals surface area contributed by atoms with Gasteiger partial charge in [-0.3, -0.25) is 9.59 Å². The molecule has 156 valence electrons. The minimum Gasteiger partial charge on any atom is -0.352 e. The van der Waals surface area contributed by atoms with Gasteiger partial charge in [0, 0.05) is 36.4 Å². The number of carbonyl (C=O) groups is 2. The molecule has 0 unspecified atom stereocenters. The summed E-state index contributed by atoms with van der Waals surface area (Å²) in [6, 6.07) is 10.8. The second-order valence-electron chi connectivity index (χ2n) is 7.49. The highest BCUT2D eigenvalue weighted by Gasteiger charge is 2.20. The SMILES string of the molecule is CCc1ccc(C(=O)c2ccccc2C(=O)NCCc2nnc3n2CCCCC3)s1. The fourth-order valence-corrected chi connectivity index (χ4v) is 4.72. The maximum atomic E-state index is 13.0. The molecule has 3 heterocycles. The number of nitrogens with one attached hydrogen (secondary N) is 1. The number of thiophene rings is 1. The smallest absolute Gasteiger partial charge is 0.252 e. The van der Waals surface area contributed by atoms with Gasteiger partial charge in [-0.15, -0.1) is 21.5 Å². The van der Waals surface area contributed by atoms with Gasteiger partial charge in [0.1, 0.15) is 11.6 Å². The van der Waals surface area contributed by atoms with E-state index >= 15 is 0 Å². The Morgan fingerprint density at radius 3 is 2.70 bits per heavy atom. The summed E-state index contributed by atoms with van der Waals surface area (Å²) in [6.45, 7) is 3.47. The van der Waals surface area contributed by atoms with E-state index in [1.807, 2.05) is 12.1 Å². The Kier molecular flexibility index (Phi) is 6.38. The fourth-order valence-electron chi connectivity index (χ4n) is 3.82. The molecule has 1 aliphatic rings. The molecule has 6 nitrogen and oxygen atoms in total. The Labute approximate surface area is 180 Å². The van der Waals surface area contributed by atoms with E-state index in [0.29, 0.717) is 29.0 Å². The number of nitrogens with zero attached hydrogens (tertiary/aromatic N) is 3. The van der Waals surface area contributed by atoms with E-state index in [-0.39, 0.29) is 11.7 Å². The Balaban J connectivity index is 1.43. The molecule has 2 aromatic heterocycles. The van der Waals surface area contributed by atoms with Crippen molar-refractivity contribution >= 4 is 23.0 Å². The molecule has 7 heteroatoms. The summed E-state index contributed by atoms with van der Waals surface area (Å²) in [5.74, 6) is 1.63. The first-order valence-corrected chi connectivity index (χ1v) is 11.4. The minimum atomic E-state index is -0.234. The summed E-state index contributed by atoms with van der Waals surface area (Å²) < 4.78 is 2.19. The lowest BCUT2D eigenvalue weighted by atomic mass is 10.0. The minimum absolute atomic E-state index is 0.103. The second kappa shape index (κ2) is 9.34. The number of hydrogen-bond donors (Lipinski definition) is 1. The van der Waals surface area contributed by atoms with Crippen molar-refractivity contribution in [2.24, 2.45) is 0 Å². The summed E-state index contributed by atoms with van der Waals surface area (Å²) in [5, 5.41) is 11.6. The van der Waals surface area contributed by atoms with Crippen LogP contribution < -0.4 is 5.32 Å². The van der Waals surface area contributed by atoms with Gasteiger partial charge in [0.25, 0.3) is 5.91 Å². The average Bonchev–Trinajstić information content (AvgIpc) is 3.34. The van der Waals surface area contributed by atoms with Crippen LogP contribution >= 0.6 is 11.3 Å². The zero-order valence-electron chi connectivity index (χ0n) is 17.2. The molecule has 4 rings (SSSR count). The highest BCUT2D eigenvalue weighted by molar-refractivity contribution is 7.14. The largest absolute Gasteiger partial charge is 0.352 e. The van der Waals surface area contributed by atoms with Gasteiger partial charge in [-0.1, -0.05) is 31.5 Å². The van der Waals surface area contributed by atoms with E-state index in [4.69, 9.17) is 0 Å². The van der Waals surface area contributed by atoms with Gasteiger partial charge in [-0.2, -0.15) is 0 Å². The van der Waals surface area contributed by atoms with Crippen LogP contribution in [0.15, 0.2) is 36.4 Å². The first kappa shape index (κ1) is 20.5. The Morgan fingerprint density at radius 2 is 1.90 bits per heavy atom. The molecule has 1 N–H and O–H groups in total. The van der Waals surface area contributed by atoms with Crippen molar-refractivity contribution in [2.45, 2.75) is 52.0 Å². The van der Waals surface area contributed by atoms with Gasteiger partial charge in [0.15, 0.2) is 0 Å². The lowest BCUT2D eigenvalue weighted by molar-refractivity contribution is 0.0942. The molecule has 0 saturated heterocycles. The summed E-state index contributed by atoms with van der Waals surface area (Å²) in [5.41, 5.74) is 0.852. The average molecular weight is 423 g/mol. The van der Waals surface area contributed by atoms with Crippen LogP contribution in [-0.2, 0) is 25.8 Å². The number of aromatic nitrogens is 3.